The Labute approximate surface area is 196 Å². The number of benzene rings is 2. The summed E-state index contributed by atoms with van der Waals surface area (Å²) in [5.74, 6) is -1.96. The molecule has 2 bridgehead atoms. The third-order valence-electron chi connectivity index (χ3n) is 6.29. The molecule has 1 saturated heterocycles. The molecule has 2 aromatic carbocycles. The highest BCUT2D eigenvalue weighted by molar-refractivity contribution is 9.10. The van der Waals surface area contributed by atoms with Crippen molar-refractivity contribution >= 4 is 39.6 Å². The minimum Gasteiger partial charge on any atom is -0.481 e. The molecule has 5 rings (SSSR count). The third-order valence-corrected chi connectivity index (χ3v) is 6.75. The van der Waals surface area contributed by atoms with E-state index in [0.717, 1.165) is 11.4 Å². The fraction of sp³-hybridized carbons (Fsp3) is 0.261. The highest BCUT2D eigenvalue weighted by Gasteiger charge is 2.59. The lowest BCUT2D eigenvalue weighted by Crippen LogP contribution is -2.28. The van der Waals surface area contributed by atoms with E-state index in [2.05, 4.69) is 21.0 Å². The second-order valence-electron chi connectivity index (χ2n) is 8.25. The normalized spacial score (nSPS) is 25.3. The van der Waals surface area contributed by atoms with E-state index in [1.54, 1.807) is 6.07 Å². The van der Waals surface area contributed by atoms with Gasteiger partial charge in [0.15, 0.2) is 0 Å². The molecule has 1 aliphatic heterocycles. The first kappa shape index (κ1) is 21.4. The molecule has 1 heterocycles. The van der Waals surface area contributed by atoms with E-state index in [0.29, 0.717) is 10.0 Å². The molecule has 8 nitrogen and oxygen atoms in total. The number of ether oxygens (including phenoxy) is 1. The van der Waals surface area contributed by atoms with Crippen LogP contribution < -0.4 is 4.74 Å². The number of carbonyl (C=O) groups is 2. The van der Waals surface area contributed by atoms with Gasteiger partial charge in [0.1, 0.15) is 12.4 Å². The van der Waals surface area contributed by atoms with E-state index in [4.69, 9.17) is 4.74 Å². The number of imide groups is 1. The van der Waals surface area contributed by atoms with Gasteiger partial charge in [-0.15, -0.1) is 0 Å². The maximum Gasteiger partial charge on any atom is 0.312 e. The van der Waals surface area contributed by atoms with Crippen molar-refractivity contribution in [3.05, 3.63) is 80.1 Å². The molecule has 1 saturated carbocycles. The molecule has 0 unspecified atom stereocenters. The zero-order chi connectivity index (χ0) is 23.3. The van der Waals surface area contributed by atoms with Gasteiger partial charge in [-0.25, -0.2) is 4.39 Å². The summed E-state index contributed by atoms with van der Waals surface area (Å²) in [6.07, 6.45) is 5.99. The molecule has 0 radical (unpaired) electrons. The average molecular weight is 514 g/mol. The molecule has 0 aromatic heterocycles. The quantitative estimate of drug-likeness (QED) is 0.189. The van der Waals surface area contributed by atoms with Gasteiger partial charge in [0.2, 0.25) is 5.75 Å². The van der Waals surface area contributed by atoms with Crippen LogP contribution in [0, 0.1) is 39.6 Å². The Kier molecular flexibility index (Phi) is 5.32. The van der Waals surface area contributed by atoms with Gasteiger partial charge in [-0.3, -0.25) is 19.7 Å². The molecule has 2 fully saturated rings. The summed E-state index contributed by atoms with van der Waals surface area (Å²) in [5.41, 5.74) is 0.349. The molecule has 2 aromatic rings. The van der Waals surface area contributed by atoms with E-state index < -0.39 is 22.6 Å². The van der Waals surface area contributed by atoms with Crippen LogP contribution in [-0.4, -0.2) is 28.0 Å². The van der Waals surface area contributed by atoms with Crippen molar-refractivity contribution in [2.45, 2.75) is 13.0 Å². The number of hydrazone groups is 1. The van der Waals surface area contributed by atoms with Gasteiger partial charge in [-0.2, -0.15) is 10.1 Å². The maximum atomic E-state index is 13.5. The van der Waals surface area contributed by atoms with Crippen molar-refractivity contribution in [1.82, 2.24) is 5.01 Å². The van der Waals surface area contributed by atoms with Crippen LogP contribution in [-0.2, 0) is 16.2 Å². The summed E-state index contributed by atoms with van der Waals surface area (Å²) in [6.45, 7) is -0.123. The molecule has 2 amide bonds. The number of hydrogen-bond acceptors (Lipinski definition) is 6. The van der Waals surface area contributed by atoms with Crippen LogP contribution >= 0.6 is 15.9 Å². The van der Waals surface area contributed by atoms with Crippen LogP contribution in [0.3, 0.4) is 0 Å². The minimum atomic E-state index is -0.608. The fourth-order valence-electron chi connectivity index (χ4n) is 4.89. The topological polar surface area (TPSA) is 102 Å². The van der Waals surface area contributed by atoms with E-state index in [9.17, 15) is 24.1 Å². The van der Waals surface area contributed by atoms with Gasteiger partial charge in [0.05, 0.1) is 23.0 Å². The van der Waals surface area contributed by atoms with Crippen LogP contribution in [0.4, 0.5) is 10.1 Å². The predicted octanol–water partition coefficient (Wildman–Crippen LogP) is 4.22. The van der Waals surface area contributed by atoms with Crippen molar-refractivity contribution in [2.75, 3.05) is 0 Å². The van der Waals surface area contributed by atoms with Crippen molar-refractivity contribution in [2.24, 2.45) is 28.8 Å². The fourth-order valence-corrected chi connectivity index (χ4v) is 5.35. The van der Waals surface area contributed by atoms with Gasteiger partial charge in [-0.05, 0) is 42.0 Å². The first-order valence-corrected chi connectivity index (χ1v) is 11.1. The average Bonchev–Trinajstić information content (AvgIpc) is 3.45. The Morgan fingerprint density at radius 2 is 1.88 bits per heavy atom. The van der Waals surface area contributed by atoms with Crippen LogP contribution in [0.5, 0.6) is 5.75 Å². The second kappa shape index (κ2) is 8.18. The molecule has 0 spiro atoms. The van der Waals surface area contributed by atoms with E-state index in [-0.39, 0.29) is 47.3 Å². The summed E-state index contributed by atoms with van der Waals surface area (Å²) in [5, 5.41) is 16.6. The molecule has 3 aliphatic rings. The number of hydrogen-bond donors (Lipinski definition) is 0. The smallest absolute Gasteiger partial charge is 0.312 e. The second-order valence-corrected chi connectivity index (χ2v) is 9.17. The first-order chi connectivity index (χ1) is 15.8. The number of amides is 2. The molecule has 0 N–H and O–H groups in total. The molecule has 4 atom stereocenters. The van der Waals surface area contributed by atoms with Gasteiger partial charge in [0.25, 0.3) is 11.8 Å². The number of nitrogens with zero attached hydrogens (tertiary/aromatic N) is 3. The Morgan fingerprint density at radius 3 is 2.52 bits per heavy atom. The summed E-state index contributed by atoms with van der Waals surface area (Å²) < 4.78 is 19.6. The lowest BCUT2D eigenvalue weighted by atomic mass is 9.85. The lowest BCUT2D eigenvalue weighted by molar-refractivity contribution is -0.386. The molecule has 168 valence electrons. The van der Waals surface area contributed by atoms with Crippen LogP contribution in [0.25, 0.3) is 0 Å². The third kappa shape index (κ3) is 3.74. The number of carbonyl (C=O) groups excluding carboxylic acids is 2. The minimum absolute atomic E-state index is 0.0498. The summed E-state index contributed by atoms with van der Waals surface area (Å²) >= 11 is 3.23. The maximum absolute atomic E-state index is 13.5. The first-order valence-electron chi connectivity index (χ1n) is 10.3. The number of nitro benzene ring substituents is 1. The molecule has 33 heavy (non-hydrogen) atoms. The van der Waals surface area contributed by atoms with Crippen LogP contribution in [0.2, 0.25) is 0 Å². The van der Waals surface area contributed by atoms with E-state index in [1.807, 2.05) is 12.2 Å². The summed E-state index contributed by atoms with van der Waals surface area (Å²) in [7, 11) is 0. The molecular weight excluding hydrogens is 497 g/mol. The standard InChI is InChI=1S/C23H17BrFN3O5/c24-16-8-15(10-26-27-22(29)19-13-4-5-14(7-13)20(19)23(27)30)21(18(9-16)28(31)32)33-11-12-2-1-3-17(25)6-12/h1-6,8-10,13-14,19-20H,7,11H2/t13-,14-,19-,20+/m0/s1. The van der Waals surface area contributed by atoms with Gasteiger partial charge in [-0.1, -0.05) is 40.2 Å². The van der Waals surface area contributed by atoms with Crippen LogP contribution in [0.15, 0.2) is 58.1 Å². The number of rotatable bonds is 6. The zero-order valence-electron chi connectivity index (χ0n) is 17.1. The highest BCUT2D eigenvalue weighted by Crippen LogP contribution is 2.52. The number of halogens is 2. The zero-order valence-corrected chi connectivity index (χ0v) is 18.6. The van der Waals surface area contributed by atoms with Crippen molar-refractivity contribution in [3.8, 4) is 5.75 Å². The molecular formula is C23H17BrFN3O5. The van der Waals surface area contributed by atoms with Gasteiger partial charge >= 0.3 is 5.69 Å². The van der Waals surface area contributed by atoms with E-state index >= 15 is 0 Å². The lowest BCUT2D eigenvalue weighted by Gasteiger charge is -2.13. The number of nitro groups is 1. The van der Waals surface area contributed by atoms with Gasteiger partial charge < -0.3 is 4.74 Å². The molecule has 10 heteroatoms. The SMILES string of the molecule is O=C1[C@@H]2[C@H](C(=O)N1N=Cc1cc(Br)cc([N+](=O)[O-])c1OCc1cccc(F)c1)[C@H]1C=C[C@H]2C1. The van der Waals surface area contributed by atoms with Crippen molar-refractivity contribution < 1.29 is 23.6 Å². The number of fused-ring (bicyclic) bond motifs is 5. The predicted molar refractivity (Wildman–Crippen MR) is 119 cm³/mol. The Hall–Kier alpha value is -3.40. The summed E-state index contributed by atoms with van der Waals surface area (Å²) in [6, 6.07) is 8.50. The van der Waals surface area contributed by atoms with Gasteiger partial charge in [0, 0.05) is 16.1 Å². The molecule has 2 aliphatic carbocycles. The van der Waals surface area contributed by atoms with Crippen LogP contribution in [0.1, 0.15) is 17.5 Å². The summed E-state index contributed by atoms with van der Waals surface area (Å²) in [4.78, 5) is 36.7. The van der Waals surface area contributed by atoms with E-state index in [1.165, 1.54) is 36.5 Å². The Bertz CT molecular complexity index is 1220. The van der Waals surface area contributed by atoms with Crippen molar-refractivity contribution in [3.63, 3.8) is 0 Å². The monoisotopic (exact) mass is 513 g/mol. The largest absolute Gasteiger partial charge is 0.481 e. The number of allylic oxidation sites excluding steroid dienone is 2. The highest BCUT2D eigenvalue weighted by atomic mass is 79.9. The Balaban J connectivity index is 1.45. The van der Waals surface area contributed by atoms with Crippen molar-refractivity contribution in [1.29, 1.82) is 0 Å². The Morgan fingerprint density at radius 1 is 1.18 bits per heavy atom.